The quantitative estimate of drug-likeness (QED) is 0.0679. The SMILES string of the molecule is COc1cc(/C=C(/C(=O)N(C)C)c2ccc(N)cc2)cc(OC)c1.COc1cc(/C=C(/C(=O)N(C)C)c2ccc(NC(=O)c3cccc(O)c3)cc2)cc(OC)c1. The van der Waals surface area contributed by atoms with Crippen molar-refractivity contribution < 1.29 is 38.4 Å². The number of ether oxygens (including phenoxy) is 4. The maximum Gasteiger partial charge on any atom is 0.255 e. The summed E-state index contributed by atoms with van der Waals surface area (Å²) in [6.45, 7) is 0. The number of hydrogen-bond donors (Lipinski definition) is 3. The van der Waals surface area contributed by atoms with Crippen LogP contribution in [-0.4, -0.2) is 89.3 Å². The summed E-state index contributed by atoms with van der Waals surface area (Å²) in [5.41, 5.74) is 11.4. The van der Waals surface area contributed by atoms with Crippen LogP contribution in [0.25, 0.3) is 23.3 Å². The van der Waals surface area contributed by atoms with Crippen LogP contribution >= 0.6 is 0 Å². The fourth-order valence-corrected chi connectivity index (χ4v) is 5.42. The number of methoxy groups -OCH3 is 4. The third-order valence-corrected chi connectivity index (χ3v) is 8.43. The Morgan fingerprint density at radius 2 is 0.965 bits per heavy atom. The van der Waals surface area contributed by atoms with Crippen LogP contribution in [0.1, 0.15) is 32.6 Å². The Morgan fingerprint density at radius 3 is 1.33 bits per heavy atom. The minimum absolute atomic E-state index is 0.0177. The number of nitrogen functional groups attached to an aromatic ring is 1. The smallest absolute Gasteiger partial charge is 0.255 e. The van der Waals surface area contributed by atoms with Gasteiger partial charge in [0.05, 0.1) is 28.4 Å². The normalized spacial score (nSPS) is 11.0. The lowest BCUT2D eigenvalue weighted by molar-refractivity contribution is -0.123. The van der Waals surface area contributed by atoms with Crippen molar-refractivity contribution in [3.05, 3.63) is 137 Å². The Morgan fingerprint density at radius 1 is 0.561 bits per heavy atom. The van der Waals surface area contributed by atoms with Crippen LogP contribution < -0.4 is 30.0 Å². The van der Waals surface area contributed by atoms with Crippen molar-refractivity contribution in [3.63, 3.8) is 0 Å². The van der Waals surface area contributed by atoms with E-state index in [0.29, 0.717) is 56.6 Å². The largest absolute Gasteiger partial charge is 0.508 e. The number of rotatable bonds is 12. The first-order valence-electron chi connectivity index (χ1n) is 17.6. The first-order valence-corrected chi connectivity index (χ1v) is 17.6. The van der Waals surface area contributed by atoms with Gasteiger partial charge < -0.3 is 44.9 Å². The number of carbonyl (C=O) groups is 3. The fraction of sp³-hybridized carbons (Fsp3) is 0.178. The van der Waals surface area contributed by atoms with E-state index in [1.807, 2.05) is 42.5 Å². The number of carbonyl (C=O) groups excluding carboxylic acids is 3. The van der Waals surface area contributed by atoms with E-state index < -0.39 is 0 Å². The molecule has 3 amide bonds. The zero-order chi connectivity index (χ0) is 41.6. The molecule has 57 heavy (non-hydrogen) atoms. The number of nitrogens with two attached hydrogens (primary N) is 1. The highest BCUT2D eigenvalue weighted by atomic mass is 16.5. The molecule has 0 spiro atoms. The highest BCUT2D eigenvalue weighted by molar-refractivity contribution is 6.24. The molecule has 0 atom stereocenters. The zero-order valence-corrected chi connectivity index (χ0v) is 33.3. The summed E-state index contributed by atoms with van der Waals surface area (Å²) in [4.78, 5) is 41.0. The van der Waals surface area contributed by atoms with Crippen molar-refractivity contribution in [3.8, 4) is 28.7 Å². The Hall–Kier alpha value is -7.21. The van der Waals surface area contributed by atoms with Gasteiger partial charge in [-0.1, -0.05) is 30.3 Å². The molecule has 0 aliphatic rings. The van der Waals surface area contributed by atoms with Gasteiger partial charge in [0.1, 0.15) is 28.7 Å². The maximum atomic E-state index is 12.9. The van der Waals surface area contributed by atoms with Crippen molar-refractivity contribution in [1.82, 2.24) is 9.80 Å². The molecule has 0 unspecified atom stereocenters. The molecule has 5 aromatic rings. The van der Waals surface area contributed by atoms with Gasteiger partial charge in [-0.15, -0.1) is 0 Å². The maximum absolute atomic E-state index is 12.9. The Labute approximate surface area is 333 Å². The number of hydrogen-bond acceptors (Lipinski definition) is 9. The predicted octanol–water partition coefficient (Wildman–Crippen LogP) is 7.21. The van der Waals surface area contributed by atoms with Gasteiger partial charge in [0.2, 0.25) is 0 Å². The van der Waals surface area contributed by atoms with Crippen LogP contribution in [0, 0.1) is 0 Å². The molecule has 0 heterocycles. The zero-order valence-electron chi connectivity index (χ0n) is 33.3. The topological polar surface area (TPSA) is 153 Å². The van der Waals surface area contributed by atoms with Crippen molar-refractivity contribution in [2.24, 2.45) is 0 Å². The van der Waals surface area contributed by atoms with Gasteiger partial charge in [-0.3, -0.25) is 14.4 Å². The number of benzene rings is 5. The molecular formula is C45H48N4O8. The Kier molecular flexibility index (Phi) is 14.9. The standard InChI is InChI=1S/C26H26N2O5.C19H22N2O3/c1-28(2)26(31)24(14-17-12-22(32-3)16-23(13-17)33-4)18-8-10-20(11-9-18)27-25(30)19-6-5-7-21(29)15-19;1-21(2)19(22)18(14-5-7-15(20)8-6-14)11-13-9-16(23-3)12-17(10-13)24-4/h5-16,29H,1-4H3,(H,27,30);5-12H,20H2,1-4H3/b24-14+;18-11+. The molecular weight excluding hydrogens is 725 g/mol. The molecule has 0 saturated carbocycles. The van der Waals surface area contributed by atoms with E-state index in [1.54, 1.807) is 128 Å². The molecule has 5 aromatic carbocycles. The second kappa shape index (κ2) is 19.9. The van der Waals surface area contributed by atoms with Crippen LogP contribution in [0.2, 0.25) is 0 Å². The van der Waals surface area contributed by atoms with Crippen molar-refractivity contribution in [2.75, 3.05) is 67.7 Å². The van der Waals surface area contributed by atoms with Crippen molar-refractivity contribution >= 4 is 52.4 Å². The number of phenolic OH excluding ortho intramolecular Hbond substituents is 1. The van der Waals surface area contributed by atoms with E-state index >= 15 is 0 Å². The lowest BCUT2D eigenvalue weighted by Crippen LogP contribution is -2.22. The Balaban J connectivity index is 0.000000266. The summed E-state index contributed by atoms with van der Waals surface area (Å²) in [6, 6.07) is 31.2. The van der Waals surface area contributed by atoms with Gasteiger partial charge in [0.25, 0.3) is 17.7 Å². The van der Waals surface area contributed by atoms with Gasteiger partial charge in [0.15, 0.2) is 0 Å². The number of phenols is 1. The highest BCUT2D eigenvalue weighted by Crippen LogP contribution is 2.29. The molecule has 12 heteroatoms. The molecule has 4 N–H and O–H groups in total. The summed E-state index contributed by atoms with van der Waals surface area (Å²) in [7, 11) is 13.1. The van der Waals surface area contributed by atoms with E-state index in [1.165, 1.54) is 17.0 Å². The number of likely N-dealkylation sites (N-methyl/N-ethyl adjacent to an activating group) is 2. The highest BCUT2D eigenvalue weighted by Gasteiger charge is 2.17. The first-order chi connectivity index (χ1) is 27.2. The van der Waals surface area contributed by atoms with Gasteiger partial charge in [-0.25, -0.2) is 0 Å². The van der Waals surface area contributed by atoms with Crippen LogP contribution in [0.15, 0.2) is 109 Å². The predicted molar refractivity (Wildman–Crippen MR) is 226 cm³/mol. The summed E-state index contributed by atoms with van der Waals surface area (Å²) < 4.78 is 21.2. The van der Waals surface area contributed by atoms with E-state index in [2.05, 4.69) is 5.32 Å². The molecule has 0 bridgehead atoms. The van der Waals surface area contributed by atoms with Crippen LogP contribution in [0.5, 0.6) is 28.7 Å². The lowest BCUT2D eigenvalue weighted by atomic mass is 10.0. The van der Waals surface area contributed by atoms with E-state index in [4.69, 9.17) is 24.7 Å². The van der Waals surface area contributed by atoms with Crippen LogP contribution in [0.3, 0.4) is 0 Å². The van der Waals surface area contributed by atoms with Gasteiger partial charge in [-0.05, 0) is 101 Å². The number of nitrogens with zero attached hydrogens (tertiary/aromatic N) is 2. The van der Waals surface area contributed by atoms with Crippen molar-refractivity contribution in [1.29, 1.82) is 0 Å². The summed E-state index contributed by atoms with van der Waals surface area (Å²) in [5.74, 6) is 1.95. The fourth-order valence-electron chi connectivity index (χ4n) is 5.42. The second-order valence-corrected chi connectivity index (χ2v) is 13.0. The summed E-state index contributed by atoms with van der Waals surface area (Å²) >= 11 is 0. The molecule has 0 aliphatic heterocycles. The van der Waals surface area contributed by atoms with Crippen LogP contribution in [0.4, 0.5) is 11.4 Å². The monoisotopic (exact) mass is 772 g/mol. The molecule has 0 saturated heterocycles. The molecule has 12 nitrogen and oxygen atoms in total. The number of anilines is 2. The third kappa shape index (κ3) is 11.9. The number of amides is 3. The third-order valence-electron chi connectivity index (χ3n) is 8.43. The molecule has 296 valence electrons. The lowest BCUT2D eigenvalue weighted by Gasteiger charge is -2.15. The molecule has 0 aromatic heterocycles. The Bertz CT molecular complexity index is 2200. The minimum Gasteiger partial charge on any atom is -0.508 e. The summed E-state index contributed by atoms with van der Waals surface area (Å²) in [5, 5.41) is 12.4. The van der Waals surface area contributed by atoms with E-state index in [-0.39, 0.29) is 23.5 Å². The van der Waals surface area contributed by atoms with Crippen LogP contribution in [-0.2, 0) is 9.59 Å². The number of nitrogens with one attached hydrogen (secondary N) is 1. The second-order valence-electron chi connectivity index (χ2n) is 13.0. The molecule has 0 aliphatic carbocycles. The molecule has 5 rings (SSSR count). The van der Waals surface area contributed by atoms with Gasteiger partial charge >= 0.3 is 0 Å². The van der Waals surface area contributed by atoms with Gasteiger partial charge in [-0.2, -0.15) is 0 Å². The average Bonchev–Trinajstić information content (AvgIpc) is 3.21. The van der Waals surface area contributed by atoms with Crippen molar-refractivity contribution in [2.45, 2.75) is 0 Å². The van der Waals surface area contributed by atoms with E-state index in [9.17, 15) is 19.5 Å². The first kappa shape index (κ1) is 42.5. The average molecular weight is 773 g/mol. The molecule has 0 radical (unpaired) electrons. The van der Waals surface area contributed by atoms with E-state index in [0.717, 1.165) is 16.7 Å². The molecule has 0 fully saturated rings. The summed E-state index contributed by atoms with van der Waals surface area (Å²) in [6.07, 6.45) is 3.59. The van der Waals surface area contributed by atoms with Gasteiger partial charge in [0, 0.05) is 68.4 Å². The minimum atomic E-state index is -0.345. The number of aromatic hydroxyl groups is 1.